The van der Waals surface area contributed by atoms with Gasteiger partial charge in [0.25, 0.3) is 5.91 Å². The smallest absolute Gasteiger partial charge is 0.272 e. The number of para-hydroxylation sites is 1. The number of aromatic nitrogens is 2. The predicted molar refractivity (Wildman–Crippen MR) is 89.3 cm³/mol. The van der Waals surface area contributed by atoms with Crippen LogP contribution < -0.4 is 10.1 Å². The molecule has 0 radical (unpaired) electrons. The largest absolute Gasteiger partial charge is 0.478 e. The Bertz CT molecular complexity index is 830. The number of sulfone groups is 1. The summed E-state index contributed by atoms with van der Waals surface area (Å²) in [4.78, 5) is 12.4. The molecule has 1 unspecified atom stereocenters. The number of nitrogens with zero attached hydrogens (tertiary/aromatic N) is 2. The van der Waals surface area contributed by atoms with Crippen molar-refractivity contribution in [3.8, 4) is 11.6 Å². The van der Waals surface area contributed by atoms with Gasteiger partial charge in [-0.2, -0.15) is 5.10 Å². The second-order valence-corrected chi connectivity index (χ2v) is 7.85. The van der Waals surface area contributed by atoms with Gasteiger partial charge in [0.1, 0.15) is 0 Å². The molecular formula is C16H19N3O4S. The third-order valence-corrected chi connectivity index (χ3v) is 5.54. The lowest BCUT2D eigenvalue weighted by molar-refractivity contribution is 0.0935. The Balaban J connectivity index is 1.82. The minimum absolute atomic E-state index is 0.0174. The standard InChI is InChI=1S/C16H19N3O4S/c1-2-23-15-10-14(18-19(15)13-6-4-3-5-7-13)16(20)17-12-8-9-24(21,22)11-12/h3-7,10,12H,2,8-9,11H2,1H3,(H,17,20). The normalized spacial score (nSPS) is 19.1. The van der Waals surface area contributed by atoms with Crippen molar-refractivity contribution in [2.75, 3.05) is 18.1 Å². The molecule has 1 aliphatic heterocycles. The summed E-state index contributed by atoms with van der Waals surface area (Å²) in [5.74, 6) is 0.164. The highest BCUT2D eigenvalue weighted by atomic mass is 32.2. The van der Waals surface area contributed by atoms with E-state index in [1.54, 1.807) is 10.7 Å². The van der Waals surface area contributed by atoms with Crippen LogP contribution in [0.4, 0.5) is 0 Å². The van der Waals surface area contributed by atoms with Crippen molar-refractivity contribution in [3.05, 3.63) is 42.1 Å². The molecule has 0 bridgehead atoms. The third kappa shape index (κ3) is 3.59. The van der Waals surface area contributed by atoms with Gasteiger partial charge in [-0.3, -0.25) is 4.79 Å². The van der Waals surface area contributed by atoms with Crippen LogP contribution in [0, 0.1) is 0 Å². The van der Waals surface area contributed by atoms with E-state index in [2.05, 4.69) is 10.4 Å². The van der Waals surface area contributed by atoms with Gasteiger partial charge in [0, 0.05) is 12.1 Å². The molecule has 1 fully saturated rings. The van der Waals surface area contributed by atoms with Crippen molar-refractivity contribution in [1.29, 1.82) is 0 Å². The molecule has 8 heteroatoms. The summed E-state index contributed by atoms with van der Waals surface area (Å²) in [5, 5.41) is 7.04. The number of amides is 1. The van der Waals surface area contributed by atoms with E-state index in [4.69, 9.17) is 4.74 Å². The molecule has 0 aliphatic carbocycles. The molecule has 24 heavy (non-hydrogen) atoms. The predicted octanol–water partition coefficient (Wildman–Crippen LogP) is 1.19. The first-order valence-electron chi connectivity index (χ1n) is 7.78. The maximum absolute atomic E-state index is 12.4. The van der Waals surface area contributed by atoms with Crippen molar-refractivity contribution < 1.29 is 17.9 Å². The molecule has 1 aliphatic rings. The van der Waals surface area contributed by atoms with E-state index in [-0.39, 0.29) is 23.2 Å². The van der Waals surface area contributed by atoms with Crippen LogP contribution >= 0.6 is 0 Å². The van der Waals surface area contributed by atoms with Gasteiger partial charge < -0.3 is 10.1 Å². The lowest BCUT2D eigenvalue weighted by atomic mass is 10.2. The number of carbonyl (C=O) groups is 1. The fraction of sp³-hybridized carbons (Fsp3) is 0.375. The van der Waals surface area contributed by atoms with Gasteiger partial charge in [-0.25, -0.2) is 13.1 Å². The SMILES string of the molecule is CCOc1cc(C(=O)NC2CCS(=O)(=O)C2)nn1-c1ccccc1. The molecule has 0 saturated carbocycles. The Hall–Kier alpha value is -2.35. The first-order valence-corrected chi connectivity index (χ1v) is 9.60. The Morgan fingerprint density at radius 1 is 1.38 bits per heavy atom. The van der Waals surface area contributed by atoms with Crippen LogP contribution in [0.15, 0.2) is 36.4 Å². The lowest BCUT2D eigenvalue weighted by Gasteiger charge is -2.08. The van der Waals surface area contributed by atoms with Gasteiger partial charge >= 0.3 is 0 Å². The van der Waals surface area contributed by atoms with Gasteiger partial charge in [0.2, 0.25) is 5.88 Å². The second kappa shape index (κ2) is 6.64. The molecule has 7 nitrogen and oxygen atoms in total. The molecule has 1 aromatic carbocycles. The van der Waals surface area contributed by atoms with Crippen LogP contribution in [-0.4, -0.2) is 48.3 Å². The molecule has 2 aromatic rings. The fourth-order valence-corrected chi connectivity index (χ4v) is 4.32. The lowest BCUT2D eigenvalue weighted by Crippen LogP contribution is -2.35. The van der Waals surface area contributed by atoms with E-state index >= 15 is 0 Å². The first-order chi connectivity index (χ1) is 11.5. The highest BCUT2D eigenvalue weighted by Gasteiger charge is 2.30. The number of benzene rings is 1. The third-order valence-electron chi connectivity index (χ3n) is 3.77. The summed E-state index contributed by atoms with van der Waals surface area (Å²) in [6.07, 6.45) is 0.436. The van der Waals surface area contributed by atoms with E-state index < -0.39 is 15.7 Å². The minimum Gasteiger partial charge on any atom is -0.478 e. The molecule has 1 saturated heterocycles. The number of hydrogen-bond donors (Lipinski definition) is 1. The number of rotatable bonds is 5. The molecule has 1 N–H and O–H groups in total. The van der Waals surface area contributed by atoms with Gasteiger partial charge in [-0.15, -0.1) is 0 Å². The fourth-order valence-electron chi connectivity index (χ4n) is 2.65. The molecule has 1 atom stereocenters. The minimum atomic E-state index is -3.04. The zero-order valence-electron chi connectivity index (χ0n) is 13.3. The van der Waals surface area contributed by atoms with Crippen molar-refractivity contribution >= 4 is 15.7 Å². The van der Waals surface area contributed by atoms with Gasteiger partial charge in [0.15, 0.2) is 15.5 Å². The van der Waals surface area contributed by atoms with E-state index in [0.717, 1.165) is 5.69 Å². The van der Waals surface area contributed by atoms with Gasteiger partial charge in [-0.05, 0) is 25.5 Å². The average molecular weight is 349 g/mol. The van der Waals surface area contributed by atoms with E-state index in [1.807, 2.05) is 37.3 Å². The Labute approximate surface area is 140 Å². The van der Waals surface area contributed by atoms with E-state index in [0.29, 0.717) is 18.9 Å². The summed E-state index contributed by atoms with van der Waals surface area (Å²) in [6.45, 7) is 2.30. The summed E-state index contributed by atoms with van der Waals surface area (Å²) < 4.78 is 30.1. The van der Waals surface area contributed by atoms with Crippen molar-refractivity contribution in [2.24, 2.45) is 0 Å². The molecule has 0 spiro atoms. The van der Waals surface area contributed by atoms with Crippen LogP contribution in [0.3, 0.4) is 0 Å². The average Bonchev–Trinajstić information content (AvgIpc) is 3.12. The van der Waals surface area contributed by atoms with Crippen LogP contribution in [0.1, 0.15) is 23.8 Å². The second-order valence-electron chi connectivity index (χ2n) is 5.62. The summed E-state index contributed by atoms with van der Waals surface area (Å²) >= 11 is 0. The monoisotopic (exact) mass is 349 g/mol. The molecular weight excluding hydrogens is 330 g/mol. The zero-order chi connectivity index (χ0) is 17.2. The number of ether oxygens (including phenoxy) is 1. The summed E-state index contributed by atoms with van der Waals surface area (Å²) in [7, 11) is -3.04. The number of hydrogen-bond acceptors (Lipinski definition) is 5. The summed E-state index contributed by atoms with van der Waals surface area (Å²) in [6, 6.07) is 10.6. The molecule has 1 amide bonds. The molecule has 128 valence electrons. The van der Waals surface area contributed by atoms with Crippen LogP contribution in [-0.2, 0) is 9.84 Å². The maximum atomic E-state index is 12.4. The topological polar surface area (TPSA) is 90.3 Å². The highest BCUT2D eigenvalue weighted by Crippen LogP contribution is 2.20. The molecule has 1 aromatic heterocycles. The highest BCUT2D eigenvalue weighted by molar-refractivity contribution is 7.91. The van der Waals surface area contributed by atoms with Crippen LogP contribution in [0.5, 0.6) is 5.88 Å². The van der Waals surface area contributed by atoms with E-state index in [1.165, 1.54) is 0 Å². The van der Waals surface area contributed by atoms with Crippen molar-refractivity contribution in [2.45, 2.75) is 19.4 Å². The Kier molecular flexibility index (Phi) is 4.57. The summed E-state index contributed by atoms with van der Waals surface area (Å²) in [5.41, 5.74) is 0.982. The zero-order valence-corrected chi connectivity index (χ0v) is 14.1. The maximum Gasteiger partial charge on any atom is 0.272 e. The number of carbonyl (C=O) groups excluding carboxylic acids is 1. The van der Waals surface area contributed by atoms with Gasteiger partial charge in [0.05, 0.1) is 23.8 Å². The molecule has 3 rings (SSSR count). The quantitative estimate of drug-likeness (QED) is 0.876. The van der Waals surface area contributed by atoms with Crippen LogP contribution in [0.2, 0.25) is 0 Å². The molecule has 2 heterocycles. The first kappa shape index (κ1) is 16.5. The number of nitrogens with one attached hydrogen (secondary N) is 1. The van der Waals surface area contributed by atoms with E-state index in [9.17, 15) is 13.2 Å². The van der Waals surface area contributed by atoms with Crippen molar-refractivity contribution in [1.82, 2.24) is 15.1 Å². The Morgan fingerprint density at radius 2 is 2.12 bits per heavy atom. The van der Waals surface area contributed by atoms with Gasteiger partial charge in [-0.1, -0.05) is 18.2 Å². The van der Waals surface area contributed by atoms with Crippen LogP contribution in [0.25, 0.3) is 5.69 Å². The Morgan fingerprint density at radius 3 is 2.75 bits per heavy atom. The van der Waals surface area contributed by atoms with Crippen molar-refractivity contribution in [3.63, 3.8) is 0 Å².